The Morgan fingerprint density at radius 3 is 2.59 bits per heavy atom. The van der Waals surface area contributed by atoms with Gasteiger partial charge >= 0.3 is 0 Å². The monoisotopic (exact) mass is 707 g/mol. The number of nitrogens with zero attached hydrogens (tertiary/aromatic N) is 4. The normalized spacial score (nSPS) is 22.8. The number of ketones is 1. The maximum Gasteiger partial charge on any atom is 0.287 e. The van der Waals surface area contributed by atoms with Crippen LogP contribution in [0, 0.1) is 5.92 Å². The quantitative estimate of drug-likeness (QED) is 0.317. The second kappa shape index (κ2) is 14.7. The third kappa shape index (κ3) is 7.56. The fourth-order valence-corrected chi connectivity index (χ4v) is 7.74. The molecule has 264 valence electrons. The number of hydrogen-bond donors (Lipinski definition) is 1. The van der Waals surface area contributed by atoms with Gasteiger partial charge in [-0.2, -0.15) is 0 Å². The number of carbonyl (C=O) groups excluding carboxylic acids is 4. The summed E-state index contributed by atoms with van der Waals surface area (Å²) in [6.07, 6.45) is 16.1. The van der Waals surface area contributed by atoms with Crippen LogP contribution in [0.1, 0.15) is 61.6 Å². The molecule has 10 nitrogen and oxygen atoms in total. The first-order valence-corrected chi connectivity index (χ1v) is 18.1. The number of allylic oxidation sites excluding steroid dienone is 3. The summed E-state index contributed by atoms with van der Waals surface area (Å²) in [4.78, 5) is 61.8. The first-order chi connectivity index (χ1) is 24.7. The molecule has 2 fully saturated rings. The number of rotatable bonds is 9. The molecule has 11 heteroatoms. The van der Waals surface area contributed by atoms with Crippen LogP contribution < -0.4 is 5.32 Å². The Balaban J connectivity index is 1.05. The zero-order valence-electron chi connectivity index (χ0n) is 28.7. The third-order valence-electron chi connectivity index (χ3n) is 10.5. The van der Waals surface area contributed by atoms with Crippen LogP contribution in [-0.2, 0) is 36.9 Å². The van der Waals surface area contributed by atoms with Gasteiger partial charge in [0.05, 0.1) is 12.2 Å². The molecule has 3 amide bonds. The molecule has 0 spiro atoms. The van der Waals surface area contributed by atoms with Crippen molar-refractivity contribution in [3.05, 3.63) is 119 Å². The van der Waals surface area contributed by atoms with E-state index in [1.165, 1.54) is 11.6 Å². The maximum absolute atomic E-state index is 14.2. The lowest BCUT2D eigenvalue weighted by Crippen LogP contribution is -2.53. The lowest BCUT2D eigenvalue weighted by molar-refractivity contribution is -0.139. The fraction of sp³-hybridized carbons (Fsp3) is 0.375. The summed E-state index contributed by atoms with van der Waals surface area (Å²) in [5.41, 5.74) is 2.94. The van der Waals surface area contributed by atoms with Crippen LogP contribution in [0.25, 0.3) is 5.70 Å². The van der Waals surface area contributed by atoms with Crippen molar-refractivity contribution in [2.45, 2.75) is 69.6 Å². The molecule has 2 aromatic carbocycles. The van der Waals surface area contributed by atoms with Crippen LogP contribution >= 0.6 is 11.6 Å². The fourth-order valence-electron chi connectivity index (χ4n) is 7.62. The zero-order valence-corrected chi connectivity index (χ0v) is 29.4. The Bertz CT molecular complexity index is 1890. The van der Waals surface area contributed by atoms with E-state index in [-0.39, 0.29) is 35.7 Å². The van der Waals surface area contributed by atoms with Crippen LogP contribution in [0.15, 0.2) is 97.3 Å². The smallest absolute Gasteiger partial charge is 0.287 e. The summed E-state index contributed by atoms with van der Waals surface area (Å²) in [5.74, 6) is -1.37. The highest BCUT2D eigenvalue weighted by molar-refractivity contribution is 6.30. The Kier molecular flexibility index (Phi) is 9.95. The van der Waals surface area contributed by atoms with Gasteiger partial charge in [-0.15, -0.1) is 0 Å². The number of fused-ring (bicyclic) bond motifs is 1. The molecular formula is C40H42ClN5O5. The molecular weight excluding hydrogens is 666 g/mol. The van der Waals surface area contributed by atoms with Gasteiger partial charge in [-0.05, 0) is 85.6 Å². The third-order valence-corrected chi connectivity index (χ3v) is 10.8. The number of ether oxygens (including phenoxy) is 1. The highest BCUT2D eigenvalue weighted by Gasteiger charge is 2.45. The summed E-state index contributed by atoms with van der Waals surface area (Å²) in [5, 5.41) is 3.49. The van der Waals surface area contributed by atoms with Gasteiger partial charge in [0, 0.05) is 68.2 Å². The summed E-state index contributed by atoms with van der Waals surface area (Å²) in [7, 11) is 0. The van der Waals surface area contributed by atoms with Crippen molar-refractivity contribution in [2.24, 2.45) is 5.92 Å². The van der Waals surface area contributed by atoms with E-state index in [1.807, 2.05) is 50.8 Å². The minimum atomic E-state index is -1.07. The van der Waals surface area contributed by atoms with Gasteiger partial charge in [0.2, 0.25) is 11.8 Å². The summed E-state index contributed by atoms with van der Waals surface area (Å²) >= 11 is 6.14. The van der Waals surface area contributed by atoms with Gasteiger partial charge in [-0.25, -0.2) is 4.98 Å². The number of nitrogens with one attached hydrogen (secondary N) is 1. The van der Waals surface area contributed by atoms with Gasteiger partial charge in [0.25, 0.3) is 5.91 Å². The van der Waals surface area contributed by atoms with E-state index in [0.29, 0.717) is 31.1 Å². The number of hydrogen-bond acceptors (Lipinski definition) is 6. The van der Waals surface area contributed by atoms with Gasteiger partial charge in [-0.3, -0.25) is 19.2 Å². The average molecular weight is 708 g/mol. The zero-order chi connectivity index (χ0) is 35.5. The van der Waals surface area contributed by atoms with Gasteiger partial charge < -0.3 is 24.4 Å². The molecule has 1 N–H and O–H groups in total. The van der Waals surface area contributed by atoms with Crippen LogP contribution in [0.2, 0.25) is 5.02 Å². The topological polar surface area (TPSA) is 114 Å². The second-order valence-corrected chi connectivity index (χ2v) is 14.4. The van der Waals surface area contributed by atoms with Crippen molar-refractivity contribution >= 4 is 40.8 Å². The second-order valence-electron chi connectivity index (χ2n) is 14.0. The number of piperidine rings is 2. The lowest BCUT2D eigenvalue weighted by Gasteiger charge is -2.39. The summed E-state index contributed by atoms with van der Waals surface area (Å²) in [6.45, 7) is 4.23. The van der Waals surface area contributed by atoms with Crippen molar-refractivity contribution in [1.82, 2.24) is 24.7 Å². The highest BCUT2D eigenvalue weighted by Crippen LogP contribution is 2.38. The van der Waals surface area contributed by atoms with E-state index in [2.05, 4.69) is 22.4 Å². The van der Waals surface area contributed by atoms with Crippen LogP contribution in [-0.4, -0.2) is 74.1 Å². The first-order valence-electron chi connectivity index (χ1n) is 17.7. The number of amides is 3. The molecule has 4 aliphatic rings. The number of aromatic nitrogens is 2. The van der Waals surface area contributed by atoms with Gasteiger partial charge in [0.1, 0.15) is 11.6 Å². The molecule has 4 heterocycles. The Morgan fingerprint density at radius 1 is 1.06 bits per heavy atom. The van der Waals surface area contributed by atoms with E-state index in [0.717, 1.165) is 49.1 Å². The average Bonchev–Trinajstić information content (AvgIpc) is 3.68. The molecule has 0 bridgehead atoms. The van der Waals surface area contributed by atoms with Crippen molar-refractivity contribution < 1.29 is 23.9 Å². The number of likely N-dealkylation sites (tertiary alicyclic amines) is 2. The van der Waals surface area contributed by atoms with Crippen LogP contribution in [0.4, 0.5) is 0 Å². The van der Waals surface area contributed by atoms with Crippen LogP contribution in [0.3, 0.4) is 0 Å². The standard InChI is InChI=1S/C40H42ClN5O5/c1-40-16-13-31(46-21-17-42-26-46)23-33(40)35(47)24-36(51-40)38(49)43-34(22-27-9-11-30(41)12-10-27)39(50)44-19-14-28(15-20-44)32-7-3-2-6-29(32)25-45-18-5-4-8-37(45)48/h2-3,6-7,9-13,16-17,21,23-24,26,28,33-34H,4-5,8,14-15,18-20,22,25H2,1H3,(H,43,49)/t33?,34-,40?/m1/s1. The van der Waals surface area contributed by atoms with Crippen LogP contribution in [0.5, 0.6) is 0 Å². The SMILES string of the molecule is CC12C=CC(n3ccnc3)=CC1C(=O)C=C(C(=O)N[C@H](Cc1ccc(Cl)cc1)C(=O)N1CCC(c3ccccc3CN3CCCCC3=O)CC1)O2. The molecule has 1 aliphatic carbocycles. The predicted octanol–water partition coefficient (Wildman–Crippen LogP) is 5.45. The number of halogens is 1. The van der Waals surface area contributed by atoms with Crippen molar-refractivity contribution in [1.29, 1.82) is 0 Å². The van der Waals surface area contributed by atoms with E-state index in [9.17, 15) is 19.2 Å². The number of benzene rings is 2. The van der Waals surface area contributed by atoms with Crippen molar-refractivity contribution in [3.8, 4) is 0 Å². The highest BCUT2D eigenvalue weighted by atomic mass is 35.5. The molecule has 2 unspecified atom stereocenters. The Hall–Kier alpha value is -4.96. The molecule has 1 aromatic heterocycles. The Labute approximate surface area is 302 Å². The predicted molar refractivity (Wildman–Crippen MR) is 193 cm³/mol. The Morgan fingerprint density at radius 2 is 1.84 bits per heavy atom. The summed E-state index contributed by atoms with van der Waals surface area (Å²) in [6, 6.07) is 14.6. The molecule has 3 aromatic rings. The number of imidazole rings is 1. The minimum Gasteiger partial charge on any atom is -0.476 e. The molecule has 0 saturated carbocycles. The molecule has 3 atom stereocenters. The van der Waals surface area contributed by atoms with E-state index >= 15 is 0 Å². The molecule has 51 heavy (non-hydrogen) atoms. The van der Waals surface area contributed by atoms with Gasteiger partial charge in [-0.1, -0.05) is 48.0 Å². The molecule has 0 radical (unpaired) electrons. The van der Waals surface area contributed by atoms with Crippen molar-refractivity contribution in [3.63, 3.8) is 0 Å². The maximum atomic E-state index is 14.2. The van der Waals surface area contributed by atoms with Gasteiger partial charge in [0.15, 0.2) is 11.5 Å². The van der Waals surface area contributed by atoms with Crippen molar-refractivity contribution in [2.75, 3.05) is 19.6 Å². The molecule has 3 aliphatic heterocycles. The lowest BCUT2D eigenvalue weighted by atomic mass is 9.79. The summed E-state index contributed by atoms with van der Waals surface area (Å²) < 4.78 is 8.02. The van der Waals surface area contributed by atoms with E-state index < -0.39 is 23.5 Å². The minimum absolute atomic E-state index is 0.126. The largest absolute Gasteiger partial charge is 0.476 e. The van der Waals surface area contributed by atoms with E-state index in [4.69, 9.17) is 16.3 Å². The van der Waals surface area contributed by atoms with E-state index in [1.54, 1.807) is 43.9 Å². The molecule has 2 saturated heterocycles. The number of carbonyl (C=O) groups is 4. The first kappa shape index (κ1) is 34.5. The molecule has 7 rings (SSSR count).